The number of rotatable bonds is 3. The Labute approximate surface area is 119 Å². The molecule has 2 heterocycles. The molecule has 0 aliphatic heterocycles. The highest BCUT2D eigenvalue weighted by atomic mass is 35.5. The van der Waals surface area contributed by atoms with Crippen molar-refractivity contribution in [2.45, 2.75) is 0 Å². The molecule has 0 spiro atoms. The third kappa shape index (κ3) is 2.04. The summed E-state index contributed by atoms with van der Waals surface area (Å²) in [7, 11) is 1.47. The van der Waals surface area contributed by atoms with Crippen molar-refractivity contribution in [2.24, 2.45) is 0 Å². The molecule has 2 aromatic heterocycles. The van der Waals surface area contributed by atoms with Crippen LogP contribution in [0.5, 0.6) is 5.88 Å². The summed E-state index contributed by atoms with van der Waals surface area (Å²) in [5, 5.41) is 1.25. The molecule has 0 fully saturated rings. The van der Waals surface area contributed by atoms with Crippen LogP contribution < -0.4 is 4.74 Å². The average molecular weight is 288 g/mol. The molecule has 0 unspecified atom stereocenters. The summed E-state index contributed by atoms with van der Waals surface area (Å²) in [6.07, 6.45) is 1.56. The molecule has 1 aromatic carbocycles. The van der Waals surface area contributed by atoms with Crippen LogP contribution in [-0.4, -0.2) is 17.9 Å². The second-order valence-electron chi connectivity index (χ2n) is 4.16. The normalized spacial score (nSPS) is 10.7. The van der Waals surface area contributed by atoms with Gasteiger partial charge in [0.15, 0.2) is 11.3 Å². The van der Waals surface area contributed by atoms with Crippen LogP contribution in [0.15, 0.2) is 47.0 Å². The molecule has 0 aliphatic carbocycles. The van der Waals surface area contributed by atoms with Crippen LogP contribution in [0.4, 0.5) is 0 Å². The zero-order chi connectivity index (χ0) is 14.1. The van der Waals surface area contributed by atoms with Crippen LogP contribution in [0.2, 0.25) is 5.02 Å². The Morgan fingerprint density at radius 2 is 2.15 bits per heavy atom. The topological polar surface area (TPSA) is 52.3 Å². The quantitative estimate of drug-likeness (QED) is 0.689. The molecule has 20 heavy (non-hydrogen) atoms. The third-order valence-corrected chi connectivity index (χ3v) is 3.23. The number of carbonyl (C=O) groups is 1. The molecular formula is C15H10ClNO3. The predicted molar refractivity (Wildman–Crippen MR) is 75.4 cm³/mol. The largest absolute Gasteiger partial charge is 0.480 e. The third-order valence-electron chi connectivity index (χ3n) is 2.93. The number of para-hydroxylation sites is 1. The minimum atomic E-state index is -0.290. The SMILES string of the molecule is COc1ncccc1C(=O)c1cc2cccc(Cl)c2o1. The Kier molecular flexibility index (Phi) is 3.16. The number of benzene rings is 1. The van der Waals surface area contributed by atoms with Gasteiger partial charge in [0.1, 0.15) is 0 Å². The number of nitrogens with zero attached hydrogens (tertiary/aromatic N) is 1. The number of halogens is 1. The molecule has 0 radical (unpaired) electrons. The van der Waals surface area contributed by atoms with E-state index < -0.39 is 0 Å². The lowest BCUT2D eigenvalue weighted by Gasteiger charge is -2.03. The Bertz CT molecular complexity index is 795. The summed E-state index contributed by atoms with van der Waals surface area (Å²) < 4.78 is 10.6. The van der Waals surface area contributed by atoms with Crippen molar-refractivity contribution in [3.8, 4) is 5.88 Å². The van der Waals surface area contributed by atoms with Gasteiger partial charge in [-0.2, -0.15) is 0 Å². The summed E-state index contributed by atoms with van der Waals surface area (Å²) in [5.41, 5.74) is 0.852. The monoisotopic (exact) mass is 287 g/mol. The van der Waals surface area contributed by atoms with E-state index in [2.05, 4.69) is 4.98 Å². The number of carbonyl (C=O) groups excluding carboxylic acids is 1. The van der Waals surface area contributed by atoms with Crippen molar-refractivity contribution < 1.29 is 13.9 Å². The van der Waals surface area contributed by atoms with Gasteiger partial charge in [0.05, 0.1) is 17.7 Å². The van der Waals surface area contributed by atoms with Gasteiger partial charge in [-0.05, 0) is 24.3 Å². The van der Waals surface area contributed by atoms with Crippen molar-refractivity contribution in [1.82, 2.24) is 4.98 Å². The highest BCUT2D eigenvalue weighted by Gasteiger charge is 2.19. The maximum absolute atomic E-state index is 12.5. The van der Waals surface area contributed by atoms with E-state index in [4.69, 9.17) is 20.8 Å². The van der Waals surface area contributed by atoms with E-state index in [-0.39, 0.29) is 17.4 Å². The number of hydrogen-bond acceptors (Lipinski definition) is 4. The van der Waals surface area contributed by atoms with Crippen molar-refractivity contribution in [3.05, 3.63) is 58.9 Å². The van der Waals surface area contributed by atoms with Crippen LogP contribution >= 0.6 is 11.6 Å². The number of ether oxygens (including phenoxy) is 1. The summed E-state index contributed by atoms with van der Waals surface area (Å²) in [4.78, 5) is 16.5. The second-order valence-corrected chi connectivity index (χ2v) is 4.57. The molecule has 5 heteroatoms. The van der Waals surface area contributed by atoms with Gasteiger partial charge in [0, 0.05) is 11.6 Å². The first-order valence-corrected chi connectivity index (χ1v) is 6.30. The zero-order valence-electron chi connectivity index (χ0n) is 10.6. The molecule has 100 valence electrons. The Balaban J connectivity index is 2.11. The molecule has 0 amide bonds. The van der Waals surface area contributed by atoms with Crippen molar-refractivity contribution in [1.29, 1.82) is 0 Å². The van der Waals surface area contributed by atoms with Gasteiger partial charge in [-0.25, -0.2) is 4.98 Å². The second kappa shape index (κ2) is 4.98. The molecule has 3 rings (SSSR count). The lowest BCUT2D eigenvalue weighted by atomic mass is 10.1. The number of pyridine rings is 1. The molecule has 0 N–H and O–H groups in total. The van der Waals surface area contributed by atoms with Crippen molar-refractivity contribution in [2.75, 3.05) is 7.11 Å². The number of hydrogen-bond donors (Lipinski definition) is 0. The number of fused-ring (bicyclic) bond motifs is 1. The number of methoxy groups -OCH3 is 1. The van der Waals surface area contributed by atoms with Crippen LogP contribution in [0, 0.1) is 0 Å². The van der Waals surface area contributed by atoms with E-state index in [0.717, 1.165) is 5.39 Å². The van der Waals surface area contributed by atoms with E-state index in [1.54, 1.807) is 36.5 Å². The summed E-state index contributed by atoms with van der Waals surface area (Å²) in [5.74, 6) is 0.186. The standard InChI is InChI=1S/C15H10ClNO3/c1-19-15-10(5-3-7-17-15)13(18)12-8-9-4-2-6-11(16)14(9)20-12/h2-8H,1H3. The van der Waals surface area contributed by atoms with Gasteiger partial charge in [0.2, 0.25) is 11.7 Å². The summed E-state index contributed by atoms with van der Waals surface area (Å²) >= 11 is 6.04. The molecule has 0 atom stereocenters. The van der Waals surface area contributed by atoms with Gasteiger partial charge in [0.25, 0.3) is 0 Å². The fraction of sp³-hybridized carbons (Fsp3) is 0.0667. The number of aromatic nitrogens is 1. The summed E-state index contributed by atoms with van der Waals surface area (Å²) in [6.45, 7) is 0. The fourth-order valence-electron chi connectivity index (χ4n) is 2.00. The van der Waals surface area contributed by atoms with Gasteiger partial charge in [-0.1, -0.05) is 23.7 Å². The highest BCUT2D eigenvalue weighted by molar-refractivity contribution is 6.35. The maximum atomic E-state index is 12.5. The van der Waals surface area contributed by atoms with Crippen LogP contribution in [0.3, 0.4) is 0 Å². The number of ketones is 1. The van der Waals surface area contributed by atoms with Crippen LogP contribution in [-0.2, 0) is 0 Å². The number of furan rings is 1. The Morgan fingerprint density at radius 3 is 2.90 bits per heavy atom. The van der Waals surface area contributed by atoms with Gasteiger partial charge < -0.3 is 9.15 Å². The van der Waals surface area contributed by atoms with Crippen LogP contribution in [0.25, 0.3) is 11.0 Å². The van der Waals surface area contributed by atoms with Gasteiger partial charge in [-0.15, -0.1) is 0 Å². The van der Waals surface area contributed by atoms with Gasteiger partial charge >= 0.3 is 0 Å². The Morgan fingerprint density at radius 1 is 1.30 bits per heavy atom. The van der Waals surface area contributed by atoms with Gasteiger partial charge in [-0.3, -0.25) is 4.79 Å². The van der Waals surface area contributed by atoms with E-state index in [0.29, 0.717) is 16.2 Å². The minimum absolute atomic E-state index is 0.208. The van der Waals surface area contributed by atoms with E-state index in [1.165, 1.54) is 7.11 Å². The lowest BCUT2D eigenvalue weighted by Crippen LogP contribution is -2.03. The first-order chi connectivity index (χ1) is 9.70. The summed E-state index contributed by atoms with van der Waals surface area (Å²) in [6, 6.07) is 10.3. The van der Waals surface area contributed by atoms with Crippen molar-refractivity contribution in [3.63, 3.8) is 0 Å². The minimum Gasteiger partial charge on any atom is -0.480 e. The molecule has 0 saturated heterocycles. The van der Waals surface area contributed by atoms with E-state index in [1.807, 2.05) is 6.07 Å². The first kappa shape index (κ1) is 12.7. The van der Waals surface area contributed by atoms with E-state index in [9.17, 15) is 4.79 Å². The molecule has 0 aliphatic rings. The smallest absolute Gasteiger partial charge is 0.233 e. The van der Waals surface area contributed by atoms with E-state index >= 15 is 0 Å². The predicted octanol–water partition coefficient (Wildman–Crippen LogP) is 3.72. The van der Waals surface area contributed by atoms with Crippen LogP contribution in [0.1, 0.15) is 16.1 Å². The molecule has 3 aromatic rings. The molecular weight excluding hydrogens is 278 g/mol. The average Bonchev–Trinajstić information content (AvgIpc) is 2.92. The first-order valence-electron chi connectivity index (χ1n) is 5.92. The fourth-order valence-corrected chi connectivity index (χ4v) is 2.22. The molecule has 0 bridgehead atoms. The molecule has 0 saturated carbocycles. The zero-order valence-corrected chi connectivity index (χ0v) is 11.3. The highest BCUT2D eigenvalue weighted by Crippen LogP contribution is 2.28. The Hall–Kier alpha value is -2.33. The molecule has 4 nitrogen and oxygen atoms in total. The maximum Gasteiger partial charge on any atom is 0.233 e. The van der Waals surface area contributed by atoms with Crippen molar-refractivity contribution >= 4 is 28.4 Å². The lowest BCUT2D eigenvalue weighted by molar-refractivity contribution is 0.101.